The lowest BCUT2D eigenvalue weighted by atomic mass is 9.67. The first-order valence-electron chi connectivity index (χ1n) is 6.57. The minimum atomic E-state index is -0.553. The van der Waals surface area contributed by atoms with Crippen molar-refractivity contribution in [2.75, 3.05) is 6.54 Å². The Morgan fingerprint density at radius 1 is 1.50 bits per heavy atom. The van der Waals surface area contributed by atoms with E-state index in [4.69, 9.17) is 5.73 Å². The van der Waals surface area contributed by atoms with Crippen molar-refractivity contribution in [2.45, 2.75) is 38.7 Å². The molecule has 0 spiro atoms. The summed E-state index contributed by atoms with van der Waals surface area (Å²) in [6.45, 7) is 2.79. The number of halogens is 1. The Morgan fingerprint density at radius 3 is 2.67 bits per heavy atom. The van der Waals surface area contributed by atoms with Crippen LogP contribution in [-0.2, 0) is 0 Å². The number of nitrogens with zero attached hydrogens (tertiary/aromatic N) is 1. The fourth-order valence-corrected chi connectivity index (χ4v) is 3.02. The van der Waals surface area contributed by atoms with Gasteiger partial charge in [-0.2, -0.15) is 0 Å². The number of aliphatic hydroxyl groups is 1. The molecule has 1 saturated carbocycles. The van der Waals surface area contributed by atoms with E-state index in [9.17, 15) is 5.11 Å². The summed E-state index contributed by atoms with van der Waals surface area (Å²) in [4.78, 5) is 4.31. The molecule has 0 aromatic carbocycles. The van der Waals surface area contributed by atoms with Crippen LogP contribution in [0.15, 0.2) is 22.8 Å². The molecule has 1 atom stereocenters. The quantitative estimate of drug-likeness (QED) is 0.902. The number of rotatable bonds is 3. The zero-order chi connectivity index (χ0) is 13.2. The van der Waals surface area contributed by atoms with Gasteiger partial charge in [-0.1, -0.05) is 19.8 Å². The molecule has 1 fully saturated rings. The highest BCUT2D eigenvalue weighted by Crippen LogP contribution is 2.46. The zero-order valence-electron chi connectivity index (χ0n) is 10.8. The van der Waals surface area contributed by atoms with Crippen molar-refractivity contribution >= 4 is 15.9 Å². The fraction of sp³-hybridized carbons (Fsp3) is 0.643. The summed E-state index contributed by atoms with van der Waals surface area (Å²) in [5, 5.41) is 10.6. The molecular formula is C14H21BrN2O. The smallest absolute Gasteiger partial charge is 0.103 e. The van der Waals surface area contributed by atoms with E-state index in [0.29, 0.717) is 6.54 Å². The second-order valence-electron chi connectivity index (χ2n) is 5.55. The predicted octanol–water partition coefficient (Wildman–Crippen LogP) is 3.03. The van der Waals surface area contributed by atoms with Gasteiger partial charge in [-0.15, -0.1) is 0 Å². The van der Waals surface area contributed by atoms with Crippen molar-refractivity contribution in [3.05, 3.63) is 28.5 Å². The van der Waals surface area contributed by atoms with Gasteiger partial charge < -0.3 is 10.8 Å². The minimum absolute atomic E-state index is 0.187. The standard InChI is InChI=1S/C14H21BrN2O/c1-10-4-6-14(9-16,7-5-10)13(18)12-3-2-11(15)8-17-12/h2-3,8,10,13,18H,4-7,9,16H2,1H3. The highest BCUT2D eigenvalue weighted by atomic mass is 79.9. The van der Waals surface area contributed by atoms with E-state index in [1.54, 1.807) is 6.20 Å². The van der Waals surface area contributed by atoms with Crippen LogP contribution in [0.2, 0.25) is 0 Å². The zero-order valence-corrected chi connectivity index (χ0v) is 12.4. The molecule has 0 aliphatic heterocycles. The highest BCUT2D eigenvalue weighted by Gasteiger charge is 2.40. The van der Waals surface area contributed by atoms with Gasteiger partial charge in [-0.3, -0.25) is 4.98 Å². The molecule has 0 amide bonds. The van der Waals surface area contributed by atoms with Gasteiger partial charge in [0.1, 0.15) is 6.10 Å². The molecule has 1 aliphatic rings. The number of nitrogens with two attached hydrogens (primary N) is 1. The molecule has 4 heteroatoms. The summed E-state index contributed by atoms with van der Waals surface area (Å²) in [5.41, 5.74) is 6.50. The first-order chi connectivity index (χ1) is 8.57. The number of hydrogen-bond donors (Lipinski definition) is 2. The largest absolute Gasteiger partial charge is 0.386 e. The van der Waals surface area contributed by atoms with Gasteiger partial charge in [0.25, 0.3) is 0 Å². The maximum atomic E-state index is 10.6. The van der Waals surface area contributed by atoms with Crippen LogP contribution in [0.4, 0.5) is 0 Å². The Morgan fingerprint density at radius 2 is 2.17 bits per heavy atom. The summed E-state index contributed by atoms with van der Waals surface area (Å²) in [7, 11) is 0. The fourth-order valence-electron chi connectivity index (χ4n) is 2.79. The second-order valence-corrected chi connectivity index (χ2v) is 6.47. The van der Waals surface area contributed by atoms with Gasteiger partial charge in [0, 0.05) is 22.6 Å². The molecule has 0 saturated heterocycles. The molecule has 2 rings (SSSR count). The third-order valence-corrected chi connectivity index (χ3v) is 4.76. The predicted molar refractivity (Wildman–Crippen MR) is 76.0 cm³/mol. The van der Waals surface area contributed by atoms with Crippen molar-refractivity contribution in [3.8, 4) is 0 Å². The van der Waals surface area contributed by atoms with Gasteiger partial charge in [-0.05, 0) is 46.8 Å². The lowest BCUT2D eigenvalue weighted by molar-refractivity contribution is -0.0108. The molecule has 100 valence electrons. The summed E-state index contributed by atoms with van der Waals surface area (Å²) in [6.07, 6.45) is 5.44. The van der Waals surface area contributed by atoms with Gasteiger partial charge in [0.2, 0.25) is 0 Å². The van der Waals surface area contributed by atoms with Crippen LogP contribution in [-0.4, -0.2) is 16.6 Å². The molecule has 3 N–H and O–H groups in total. The molecule has 3 nitrogen and oxygen atoms in total. The number of pyridine rings is 1. The highest BCUT2D eigenvalue weighted by molar-refractivity contribution is 9.10. The molecule has 18 heavy (non-hydrogen) atoms. The van der Waals surface area contributed by atoms with Crippen LogP contribution in [0.3, 0.4) is 0 Å². The van der Waals surface area contributed by atoms with E-state index in [2.05, 4.69) is 27.8 Å². The lowest BCUT2D eigenvalue weighted by Gasteiger charge is -2.41. The maximum Gasteiger partial charge on any atom is 0.103 e. The summed E-state index contributed by atoms with van der Waals surface area (Å²) in [5.74, 6) is 0.745. The Bertz CT molecular complexity index is 385. The third kappa shape index (κ3) is 2.76. The Balaban J connectivity index is 2.19. The van der Waals surface area contributed by atoms with Crippen LogP contribution >= 0.6 is 15.9 Å². The third-order valence-electron chi connectivity index (χ3n) is 4.29. The molecule has 1 aromatic rings. The van der Waals surface area contributed by atoms with E-state index >= 15 is 0 Å². The average Bonchev–Trinajstić information content (AvgIpc) is 2.40. The first kappa shape index (κ1) is 14.0. The van der Waals surface area contributed by atoms with Gasteiger partial charge in [0.05, 0.1) is 5.69 Å². The monoisotopic (exact) mass is 312 g/mol. The molecule has 1 aliphatic carbocycles. The minimum Gasteiger partial charge on any atom is -0.386 e. The van der Waals surface area contributed by atoms with Crippen molar-refractivity contribution in [3.63, 3.8) is 0 Å². The Labute approximate surface area is 117 Å². The Kier molecular flexibility index (Phi) is 4.41. The summed E-state index contributed by atoms with van der Waals surface area (Å²) < 4.78 is 0.928. The number of aromatic nitrogens is 1. The van der Waals surface area contributed by atoms with Crippen molar-refractivity contribution in [1.29, 1.82) is 0 Å². The van der Waals surface area contributed by atoms with Crippen LogP contribution in [0, 0.1) is 11.3 Å². The number of aliphatic hydroxyl groups excluding tert-OH is 1. The molecule has 1 heterocycles. The second kappa shape index (κ2) is 5.68. The molecular weight excluding hydrogens is 292 g/mol. The van der Waals surface area contributed by atoms with Crippen LogP contribution in [0.5, 0.6) is 0 Å². The summed E-state index contributed by atoms with van der Waals surface area (Å²) in [6, 6.07) is 3.80. The molecule has 0 radical (unpaired) electrons. The van der Waals surface area contributed by atoms with E-state index in [0.717, 1.165) is 41.8 Å². The van der Waals surface area contributed by atoms with E-state index < -0.39 is 6.10 Å². The van der Waals surface area contributed by atoms with Gasteiger partial charge in [-0.25, -0.2) is 0 Å². The van der Waals surface area contributed by atoms with Crippen molar-refractivity contribution in [1.82, 2.24) is 4.98 Å². The van der Waals surface area contributed by atoms with Gasteiger partial charge in [0.15, 0.2) is 0 Å². The first-order valence-corrected chi connectivity index (χ1v) is 7.36. The molecule has 0 bridgehead atoms. The average molecular weight is 313 g/mol. The van der Waals surface area contributed by atoms with Crippen LogP contribution in [0.1, 0.15) is 44.4 Å². The van der Waals surface area contributed by atoms with E-state index in [-0.39, 0.29) is 5.41 Å². The number of hydrogen-bond acceptors (Lipinski definition) is 3. The van der Waals surface area contributed by atoms with Crippen molar-refractivity contribution in [2.24, 2.45) is 17.1 Å². The van der Waals surface area contributed by atoms with E-state index in [1.807, 2.05) is 12.1 Å². The van der Waals surface area contributed by atoms with Crippen LogP contribution < -0.4 is 5.73 Å². The lowest BCUT2D eigenvalue weighted by Crippen LogP contribution is -2.40. The SMILES string of the molecule is CC1CCC(CN)(C(O)c2ccc(Br)cn2)CC1. The normalized spacial score (nSPS) is 30.1. The van der Waals surface area contributed by atoms with Crippen LogP contribution in [0.25, 0.3) is 0 Å². The van der Waals surface area contributed by atoms with E-state index in [1.165, 1.54) is 0 Å². The van der Waals surface area contributed by atoms with Gasteiger partial charge >= 0.3 is 0 Å². The summed E-state index contributed by atoms with van der Waals surface area (Å²) >= 11 is 3.36. The Hall–Kier alpha value is -0.450. The topological polar surface area (TPSA) is 59.1 Å². The molecule has 1 unspecified atom stereocenters. The van der Waals surface area contributed by atoms with Crippen molar-refractivity contribution < 1.29 is 5.11 Å². The molecule has 1 aromatic heterocycles. The maximum absolute atomic E-state index is 10.6.